The molecule has 0 aliphatic carbocycles. The van der Waals surface area contributed by atoms with Crippen molar-refractivity contribution in [1.29, 1.82) is 0 Å². The number of nitrogens with zero attached hydrogens (tertiary/aromatic N) is 3. The molecule has 130 valence electrons. The Kier molecular flexibility index (Phi) is 4.61. The van der Waals surface area contributed by atoms with Crippen LogP contribution in [0.5, 0.6) is 0 Å². The molecule has 0 unspecified atom stereocenters. The summed E-state index contributed by atoms with van der Waals surface area (Å²) in [5.74, 6) is 0.524. The van der Waals surface area contributed by atoms with Gasteiger partial charge in [0.25, 0.3) is 0 Å². The van der Waals surface area contributed by atoms with Crippen molar-refractivity contribution in [3.05, 3.63) is 77.8 Å². The van der Waals surface area contributed by atoms with E-state index in [0.29, 0.717) is 24.6 Å². The molecule has 0 spiro atoms. The van der Waals surface area contributed by atoms with E-state index in [9.17, 15) is 4.79 Å². The van der Waals surface area contributed by atoms with Gasteiger partial charge >= 0.3 is 0 Å². The van der Waals surface area contributed by atoms with E-state index in [1.807, 2.05) is 54.0 Å². The predicted molar refractivity (Wildman–Crippen MR) is 98.9 cm³/mol. The second-order valence-corrected chi connectivity index (χ2v) is 6.64. The summed E-state index contributed by atoms with van der Waals surface area (Å²) < 4.78 is 7.23. The van der Waals surface area contributed by atoms with Gasteiger partial charge in [-0.15, -0.1) is 11.3 Å². The summed E-state index contributed by atoms with van der Waals surface area (Å²) in [6.07, 6.45) is 5.50. The van der Waals surface area contributed by atoms with E-state index in [2.05, 4.69) is 15.4 Å². The number of benzene rings is 1. The van der Waals surface area contributed by atoms with Gasteiger partial charge in [-0.3, -0.25) is 4.79 Å². The molecule has 0 saturated heterocycles. The van der Waals surface area contributed by atoms with Crippen LogP contribution in [0.4, 0.5) is 0 Å². The van der Waals surface area contributed by atoms with E-state index in [1.165, 1.54) is 0 Å². The number of carbonyl (C=O) groups is 1. The van der Waals surface area contributed by atoms with E-state index >= 15 is 0 Å². The number of aromatic nitrogens is 3. The molecule has 4 rings (SSSR count). The monoisotopic (exact) mass is 364 g/mol. The maximum atomic E-state index is 12.1. The minimum atomic E-state index is -0.0579. The number of thiophene rings is 1. The number of rotatable bonds is 6. The Hall–Kier alpha value is -3.19. The molecule has 3 heterocycles. The lowest BCUT2D eigenvalue weighted by Gasteiger charge is -2.05. The van der Waals surface area contributed by atoms with Crippen LogP contribution in [0.3, 0.4) is 0 Å². The highest BCUT2D eigenvalue weighted by Gasteiger charge is 2.09. The van der Waals surface area contributed by atoms with Gasteiger partial charge in [-0.2, -0.15) is 5.10 Å². The Balaban J connectivity index is 1.31. The first-order valence-electron chi connectivity index (χ1n) is 8.12. The molecule has 0 bridgehead atoms. The Bertz CT molecular complexity index is 973. The zero-order valence-corrected chi connectivity index (χ0v) is 14.6. The van der Waals surface area contributed by atoms with Gasteiger partial charge < -0.3 is 9.73 Å². The van der Waals surface area contributed by atoms with Crippen molar-refractivity contribution in [3.8, 4) is 16.5 Å². The van der Waals surface area contributed by atoms with E-state index in [-0.39, 0.29) is 5.91 Å². The van der Waals surface area contributed by atoms with Crippen molar-refractivity contribution < 1.29 is 9.21 Å². The number of nitrogens with one attached hydrogen (secondary N) is 1. The molecule has 0 atom stereocenters. The van der Waals surface area contributed by atoms with E-state index < -0.39 is 0 Å². The number of amides is 1. The molecule has 26 heavy (non-hydrogen) atoms. The molecule has 1 aromatic carbocycles. The molecule has 1 N–H and O–H groups in total. The summed E-state index contributed by atoms with van der Waals surface area (Å²) in [6.45, 7) is 0.346. The van der Waals surface area contributed by atoms with Gasteiger partial charge in [0.05, 0.1) is 29.2 Å². The second kappa shape index (κ2) is 7.37. The van der Waals surface area contributed by atoms with Gasteiger partial charge in [-0.25, -0.2) is 9.67 Å². The fraction of sp³-hybridized carbons (Fsp3) is 0.105. The molecular formula is C19H16N4O2S. The maximum absolute atomic E-state index is 12.1. The van der Waals surface area contributed by atoms with Crippen molar-refractivity contribution in [2.24, 2.45) is 0 Å². The molecule has 7 heteroatoms. The quantitative estimate of drug-likeness (QED) is 0.569. The van der Waals surface area contributed by atoms with Crippen LogP contribution >= 0.6 is 11.3 Å². The van der Waals surface area contributed by atoms with E-state index in [4.69, 9.17) is 4.42 Å². The van der Waals surface area contributed by atoms with Crippen molar-refractivity contribution >= 4 is 17.2 Å². The minimum absolute atomic E-state index is 0.0579. The van der Waals surface area contributed by atoms with Gasteiger partial charge in [0, 0.05) is 12.4 Å². The summed E-state index contributed by atoms with van der Waals surface area (Å²) in [5.41, 5.74) is 2.61. The fourth-order valence-electron chi connectivity index (χ4n) is 2.53. The first-order chi connectivity index (χ1) is 12.8. The third kappa shape index (κ3) is 3.73. The SMILES string of the molecule is O=C(Cc1ccc(-n2cccn2)cc1)NCc1coc(-c2cccs2)n1. The molecule has 0 radical (unpaired) electrons. The standard InChI is InChI=1S/C19H16N4O2S/c24-18(11-14-4-6-16(7-5-14)23-9-2-8-21-23)20-12-15-13-25-19(22-15)17-3-1-10-26-17/h1-10,13H,11-12H2,(H,20,24). The van der Waals surface area contributed by atoms with Gasteiger partial charge in [-0.1, -0.05) is 18.2 Å². The highest BCUT2D eigenvalue weighted by atomic mass is 32.1. The Labute approximate surface area is 154 Å². The average molecular weight is 364 g/mol. The minimum Gasteiger partial charge on any atom is -0.443 e. The van der Waals surface area contributed by atoms with Crippen LogP contribution < -0.4 is 5.32 Å². The molecule has 0 aliphatic rings. The molecule has 1 amide bonds. The molecule has 0 fully saturated rings. The van der Waals surface area contributed by atoms with E-state index in [0.717, 1.165) is 16.1 Å². The first-order valence-corrected chi connectivity index (χ1v) is 9.00. The molecule has 3 aromatic heterocycles. The van der Waals surface area contributed by atoms with Crippen LogP contribution in [0.15, 0.2) is 70.9 Å². The largest absolute Gasteiger partial charge is 0.443 e. The summed E-state index contributed by atoms with van der Waals surface area (Å²) >= 11 is 1.57. The van der Waals surface area contributed by atoms with Crippen molar-refractivity contribution in [2.75, 3.05) is 0 Å². The first kappa shape index (κ1) is 16.3. The maximum Gasteiger partial charge on any atom is 0.236 e. The molecule has 6 nitrogen and oxygen atoms in total. The van der Waals surface area contributed by atoms with Gasteiger partial charge in [0.1, 0.15) is 6.26 Å². The second-order valence-electron chi connectivity index (χ2n) is 5.69. The lowest BCUT2D eigenvalue weighted by Crippen LogP contribution is -2.24. The van der Waals surface area contributed by atoms with Crippen molar-refractivity contribution in [2.45, 2.75) is 13.0 Å². The highest BCUT2D eigenvalue weighted by Crippen LogP contribution is 2.23. The zero-order valence-electron chi connectivity index (χ0n) is 13.8. The summed E-state index contributed by atoms with van der Waals surface area (Å²) in [4.78, 5) is 17.5. The molecule has 0 saturated carbocycles. The van der Waals surface area contributed by atoms with Gasteiger partial charge in [0.2, 0.25) is 11.8 Å². The summed E-state index contributed by atoms with van der Waals surface area (Å²) in [6, 6.07) is 13.5. The average Bonchev–Trinajstić information content (AvgIpc) is 3.42. The normalized spacial score (nSPS) is 10.8. The van der Waals surface area contributed by atoms with Crippen LogP contribution in [0.1, 0.15) is 11.3 Å². The third-order valence-electron chi connectivity index (χ3n) is 3.82. The summed E-state index contributed by atoms with van der Waals surface area (Å²) in [5, 5.41) is 9.03. The van der Waals surface area contributed by atoms with Crippen LogP contribution in [-0.2, 0) is 17.8 Å². The number of hydrogen-bond donors (Lipinski definition) is 1. The smallest absolute Gasteiger partial charge is 0.236 e. The van der Waals surface area contributed by atoms with E-state index in [1.54, 1.807) is 28.5 Å². The van der Waals surface area contributed by atoms with Gasteiger partial charge in [0.15, 0.2) is 0 Å². The predicted octanol–water partition coefficient (Wildman–Crippen LogP) is 3.45. The Morgan fingerprint density at radius 3 is 2.81 bits per heavy atom. The molecule has 4 aromatic rings. The zero-order chi connectivity index (χ0) is 17.8. The summed E-state index contributed by atoms with van der Waals surface area (Å²) in [7, 11) is 0. The Morgan fingerprint density at radius 2 is 2.08 bits per heavy atom. The Morgan fingerprint density at radius 1 is 1.19 bits per heavy atom. The molecular weight excluding hydrogens is 348 g/mol. The van der Waals surface area contributed by atoms with Crippen LogP contribution in [0, 0.1) is 0 Å². The topological polar surface area (TPSA) is 73.0 Å². The molecule has 0 aliphatic heterocycles. The van der Waals surface area contributed by atoms with Crippen molar-refractivity contribution in [3.63, 3.8) is 0 Å². The third-order valence-corrected chi connectivity index (χ3v) is 4.68. The lowest BCUT2D eigenvalue weighted by molar-refractivity contribution is -0.120. The number of oxazole rings is 1. The number of hydrogen-bond acceptors (Lipinski definition) is 5. The number of carbonyl (C=O) groups excluding carboxylic acids is 1. The van der Waals surface area contributed by atoms with Crippen LogP contribution in [-0.4, -0.2) is 20.7 Å². The van der Waals surface area contributed by atoms with Crippen molar-refractivity contribution in [1.82, 2.24) is 20.1 Å². The van der Waals surface area contributed by atoms with Gasteiger partial charge in [-0.05, 0) is 35.2 Å². The fourth-order valence-corrected chi connectivity index (χ4v) is 3.18. The van der Waals surface area contributed by atoms with Crippen LogP contribution in [0.2, 0.25) is 0 Å². The highest BCUT2D eigenvalue weighted by molar-refractivity contribution is 7.13. The lowest BCUT2D eigenvalue weighted by atomic mass is 10.1. The van der Waals surface area contributed by atoms with Crippen LogP contribution in [0.25, 0.3) is 16.5 Å².